The molecular formula is C22H21N5O2. The Morgan fingerprint density at radius 3 is 2.48 bits per heavy atom. The summed E-state index contributed by atoms with van der Waals surface area (Å²) in [5.74, 6) is 0.0648. The lowest BCUT2D eigenvalue weighted by Gasteiger charge is -2.32. The van der Waals surface area contributed by atoms with Gasteiger partial charge in [0.15, 0.2) is 0 Å². The number of carbonyl (C=O) groups is 1. The van der Waals surface area contributed by atoms with Gasteiger partial charge < -0.3 is 14.8 Å². The zero-order chi connectivity index (χ0) is 20.0. The topological polar surface area (TPSA) is 73.7 Å². The summed E-state index contributed by atoms with van der Waals surface area (Å²) < 4.78 is 1.75. The molecule has 2 aromatic heterocycles. The van der Waals surface area contributed by atoms with Gasteiger partial charge in [-0.2, -0.15) is 5.10 Å². The van der Waals surface area contributed by atoms with Crippen LogP contribution in [-0.2, 0) is 0 Å². The van der Waals surface area contributed by atoms with Crippen LogP contribution >= 0.6 is 0 Å². The summed E-state index contributed by atoms with van der Waals surface area (Å²) in [6.07, 6.45) is 0. The molecule has 0 bridgehead atoms. The van der Waals surface area contributed by atoms with Crippen molar-refractivity contribution in [1.82, 2.24) is 24.4 Å². The van der Waals surface area contributed by atoms with Crippen LogP contribution in [0.2, 0.25) is 0 Å². The average Bonchev–Trinajstić information content (AvgIpc) is 3.18. The first-order chi connectivity index (χ1) is 14.1. The van der Waals surface area contributed by atoms with Crippen LogP contribution in [0.15, 0.2) is 59.4 Å². The number of nitrogens with one attached hydrogen (secondary N) is 1. The van der Waals surface area contributed by atoms with E-state index in [0.29, 0.717) is 16.6 Å². The van der Waals surface area contributed by atoms with Gasteiger partial charge in [0.1, 0.15) is 5.65 Å². The molecule has 29 heavy (non-hydrogen) atoms. The molecule has 2 aromatic carbocycles. The number of fused-ring (bicyclic) bond motifs is 3. The van der Waals surface area contributed by atoms with Crippen LogP contribution in [0.5, 0.6) is 0 Å². The van der Waals surface area contributed by atoms with E-state index in [1.807, 2.05) is 53.4 Å². The number of likely N-dealkylation sites (N-methyl/N-ethyl adjacent to an activating group) is 1. The quantitative estimate of drug-likeness (QED) is 0.572. The Labute approximate surface area is 167 Å². The van der Waals surface area contributed by atoms with Crippen molar-refractivity contribution < 1.29 is 4.79 Å². The smallest absolute Gasteiger partial charge is 0.259 e. The van der Waals surface area contributed by atoms with Crippen molar-refractivity contribution in [3.63, 3.8) is 0 Å². The highest BCUT2D eigenvalue weighted by atomic mass is 16.2. The Morgan fingerprint density at radius 1 is 1.00 bits per heavy atom. The molecule has 4 aromatic rings. The number of aromatic nitrogens is 3. The summed E-state index contributed by atoms with van der Waals surface area (Å²) >= 11 is 0. The minimum Gasteiger partial charge on any atom is -0.336 e. The molecule has 1 amide bonds. The highest BCUT2D eigenvalue weighted by Crippen LogP contribution is 2.22. The van der Waals surface area contributed by atoms with E-state index in [0.717, 1.165) is 43.0 Å². The first-order valence-electron chi connectivity index (χ1n) is 9.69. The number of nitrogens with zero attached hydrogens (tertiary/aromatic N) is 4. The maximum atomic E-state index is 12.7. The van der Waals surface area contributed by atoms with E-state index in [2.05, 4.69) is 22.0 Å². The second-order valence-corrected chi connectivity index (χ2v) is 7.47. The number of para-hydroxylation sites is 1. The number of rotatable bonds is 2. The number of aromatic amines is 1. The summed E-state index contributed by atoms with van der Waals surface area (Å²) in [5, 5.41) is 5.27. The third-order valence-electron chi connectivity index (χ3n) is 5.55. The molecule has 1 N–H and O–H groups in total. The molecule has 0 unspecified atom stereocenters. The molecule has 5 rings (SSSR count). The van der Waals surface area contributed by atoms with Gasteiger partial charge in [0, 0.05) is 43.4 Å². The number of benzene rings is 2. The Bertz CT molecular complexity index is 1260. The van der Waals surface area contributed by atoms with Crippen molar-refractivity contribution in [2.24, 2.45) is 0 Å². The van der Waals surface area contributed by atoms with Crippen molar-refractivity contribution in [2.75, 3.05) is 33.2 Å². The fourth-order valence-corrected chi connectivity index (χ4v) is 3.80. The van der Waals surface area contributed by atoms with Gasteiger partial charge in [-0.1, -0.05) is 24.3 Å². The van der Waals surface area contributed by atoms with Crippen LogP contribution in [-0.4, -0.2) is 63.5 Å². The summed E-state index contributed by atoms with van der Waals surface area (Å²) in [6.45, 7) is 3.31. The average molecular weight is 387 g/mol. The van der Waals surface area contributed by atoms with Crippen molar-refractivity contribution in [2.45, 2.75) is 0 Å². The van der Waals surface area contributed by atoms with E-state index < -0.39 is 0 Å². The lowest BCUT2D eigenvalue weighted by molar-refractivity contribution is 0.0664. The molecule has 1 aliphatic rings. The summed E-state index contributed by atoms with van der Waals surface area (Å²) in [4.78, 5) is 32.0. The predicted molar refractivity (Wildman–Crippen MR) is 112 cm³/mol. The molecule has 1 aliphatic heterocycles. The molecular weight excluding hydrogens is 366 g/mol. The van der Waals surface area contributed by atoms with Crippen molar-refractivity contribution >= 4 is 22.5 Å². The number of amides is 1. The molecule has 0 radical (unpaired) electrons. The second-order valence-electron chi connectivity index (χ2n) is 7.47. The van der Waals surface area contributed by atoms with E-state index >= 15 is 0 Å². The standard InChI is InChI=1S/C22H21N5O2/c1-25-10-12-26(13-11-25)22(29)16-8-6-15(7-9-16)18-14-20-23-21(28)17-4-2-3-5-19(17)27(20)24-18/h2-9,14H,10-13H2,1H3,(H,23,28). The maximum absolute atomic E-state index is 12.7. The molecule has 0 spiro atoms. The van der Waals surface area contributed by atoms with Gasteiger partial charge in [-0.3, -0.25) is 9.59 Å². The fraction of sp³-hybridized carbons (Fsp3) is 0.227. The molecule has 0 aliphatic carbocycles. The van der Waals surface area contributed by atoms with Crippen LogP contribution < -0.4 is 5.56 Å². The third-order valence-corrected chi connectivity index (χ3v) is 5.55. The largest absolute Gasteiger partial charge is 0.336 e. The van der Waals surface area contributed by atoms with Crippen LogP contribution in [0.3, 0.4) is 0 Å². The van der Waals surface area contributed by atoms with E-state index in [9.17, 15) is 9.59 Å². The number of carbonyl (C=O) groups excluding carboxylic acids is 1. The summed E-state index contributed by atoms with van der Waals surface area (Å²) in [7, 11) is 2.07. The van der Waals surface area contributed by atoms with Crippen molar-refractivity contribution in [1.29, 1.82) is 0 Å². The Hall–Kier alpha value is -3.45. The zero-order valence-electron chi connectivity index (χ0n) is 16.1. The van der Waals surface area contributed by atoms with Gasteiger partial charge in [0.05, 0.1) is 16.6 Å². The van der Waals surface area contributed by atoms with Gasteiger partial charge in [-0.15, -0.1) is 0 Å². The van der Waals surface area contributed by atoms with E-state index in [1.165, 1.54) is 0 Å². The molecule has 1 fully saturated rings. The van der Waals surface area contributed by atoms with Gasteiger partial charge >= 0.3 is 0 Å². The minimum atomic E-state index is -0.132. The number of H-pyrrole nitrogens is 1. The molecule has 7 heteroatoms. The molecule has 146 valence electrons. The number of piperazine rings is 1. The van der Waals surface area contributed by atoms with Crippen LogP contribution in [0.4, 0.5) is 0 Å². The Morgan fingerprint density at radius 2 is 1.72 bits per heavy atom. The zero-order valence-corrected chi connectivity index (χ0v) is 16.1. The third kappa shape index (κ3) is 3.09. The predicted octanol–water partition coefficient (Wildman–Crippen LogP) is 2.23. The number of hydrogen-bond donors (Lipinski definition) is 1. The lowest BCUT2D eigenvalue weighted by Crippen LogP contribution is -2.47. The maximum Gasteiger partial charge on any atom is 0.259 e. The van der Waals surface area contributed by atoms with Crippen LogP contribution in [0.1, 0.15) is 10.4 Å². The molecule has 0 atom stereocenters. The SMILES string of the molecule is CN1CCN(C(=O)c2ccc(-c3cc4[nH]c(=O)c5ccccc5n4n3)cc2)CC1. The van der Waals surface area contributed by atoms with E-state index in [1.54, 1.807) is 10.6 Å². The van der Waals surface area contributed by atoms with Crippen molar-refractivity contribution in [3.05, 3.63) is 70.5 Å². The first kappa shape index (κ1) is 17.6. The van der Waals surface area contributed by atoms with Crippen molar-refractivity contribution in [3.8, 4) is 11.3 Å². The van der Waals surface area contributed by atoms with Gasteiger partial charge in [0.25, 0.3) is 11.5 Å². The molecule has 1 saturated heterocycles. The van der Waals surface area contributed by atoms with Crippen LogP contribution in [0.25, 0.3) is 27.8 Å². The number of hydrogen-bond acceptors (Lipinski definition) is 4. The monoisotopic (exact) mass is 387 g/mol. The fourth-order valence-electron chi connectivity index (χ4n) is 3.80. The second kappa shape index (κ2) is 6.86. The molecule has 3 heterocycles. The van der Waals surface area contributed by atoms with E-state index in [4.69, 9.17) is 0 Å². The van der Waals surface area contributed by atoms with E-state index in [-0.39, 0.29) is 11.5 Å². The van der Waals surface area contributed by atoms with Crippen LogP contribution in [0, 0.1) is 0 Å². The summed E-state index contributed by atoms with van der Waals surface area (Å²) in [6, 6.07) is 16.8. The Balaban J connectivity index is 1.47. The minimum absolute atomic E-state index is 0.0648. The normalized spacial score (nSPS) is 15.3. The van der Waals surface area contributed by atoms with Gasteiger partial charge in [-0.25, -0.2) is 4.52 Å². The molecule has 7 nitrogen and oxygen atoms in total. The first-order valence-corrected chi connectivity index (χ1v) is 9.69. The summed E-state index contributed by atoms with van der Waals surface area (Å²) in [5.41, 5.74) is 3.60. The lowest BCUT2D eigenvalue weighted by atomic mass is 10.1. The Kier molecular flexibility index (Phi) is 4.17. The highest BCUT2D eigenvalue weighted by Gasteiger charge is 2.20. The van der Waals surface area contributed by atoms with Gasteiger partial charge in [0.2, 0.25) is 0 Å². The molecule has 0 saturated carbocycles. The highest BCUT2D eigenvalue weighted by molar-refractivity contribution is 5.94. The van der Waals surface area contributed by atoms with Gasteiger partial charge in [-0.05, 0) is 31.3 Å².